The van der Waals surface area contributed by atoms with E-state index in [0.717, 1.165) is 5.39 Å². The van der Waals surface area contributed by atoms with Crippen LogP contribution in [-0.4, -0.2) is 23.5 Å². The highest BCUT2D eigenvalue weighted by atomic mass is 16.4. The van der Waals surface area contributed by atoms with Crippen LogP contribution >= 0.6 is 0 Å². The first-order valence-corrected chi connectivity index (χ1v) is 7.02. The summed E-state index contributed by atoms with van der Waals surface area (Å²) in [6.45, 7) is 3.71. The third kappa shape index (κ3) is 2.91. The molecule has 0 spiro atoms. The van der Waals surface area contributed by atoms with Crippen molar-refractivity contribution in [2.24, 2.45) is 5.41 Å². The van der Waals surface area contributed by atoms with Crippen LogP contribution in [0.5, 0.6) is 0 Å². The van der Waals surface area contributed by atoms with Gasteiger partial charge in [0.15, 0.2) is 5.76 Å². The van der Waals surface area contributed by atoms with E-state index in [4.69, 9.17) is 4.42 Å². The molecule has 5 heteroatoms. The van der Waals surface area contributed by atoms with E-state index < -0.39 is 17.3 Å². The molecule has 1 aromatic carbocycles. The van der Waals surface area contributed by atoms with E-state index in [0.29, 0.717) is 18.4 Å². The van der Waals surface area contributed by atoms with Gasteiger partial charge in [-0.1, -0.05) is 32.0 Å². The fourth-order valence-corrected chi connectivity index (χ4v) is 2.31. The Morgan fingerprint density at radius 3 is 2.48 bits per heavy atom. The van der Waals surface area contributed by atoms with Crippen molar-refractivity contribution < 1.29 is 19.1 Å². The minimum absolute atomic E-state index is 0.0885. The van der Waals surface area contributed by atoms with Gasteiger partial charge < -0.3 is 14.8 Å². The Hall–Kier alpha value is -2.30. The van der Waals surface area contributed by atoms with Crippen LogP contribution < -0.4 is 5.32 Å². The van der Waals surface area contributed by atoms with Gasteiger partial charge in [0.05, 0.1) is 5.41 Å². The molecule has 1 amide bonds. The zero-order valence-corrected chi connectivity index (χ0v) is 12.2. The number of carbonyl (C=O) groups excluding carboxylic acids is 1. The SMILES string of the molecule is CCC(CC)(CNC(=O)c1cc2ccccc2o1)C(=O)O. The standard InChI is InChI=1S/C16H19NO4/c1-3-16(4-2,15(19)20)10-17-14(18)13-9-11-7-5-6-8-12(11)21-13/h5-9H,3-4,10H2,1-2H3,(H,17,18)(H,19,20). The molecule has 2 N–H and O–H groups in total. The Bertz CT molecular complexity index is 622. The highest BCUT2D eigenvalue weighted by molar-refractivity contribution is 5.96. The van der Waals surface area contributed by atoms with Gasteiger partial charge in [0.2, 0.25) is 0 Å². The number of para-hydroxylation sites is 1. The maximum atomic E-state index is 12.1. The molecule has 112 valence electrons. The number of furan rings is 1. The second-order valence-corrected chi connectivity index (χ2v) is 5.12. The Kier molecular flexibility index (Phi) is 4.31. The molecule has 1 aromatic heterocycles. The Balaban J connectivity index is 2.12. The minimum atomic E-state index is -0.929. The van der Waals surface area contributed by atoms with Crippen LogP contribution in [0.25, 0.3) is 11.0 Å². The molecule has 2 rings (SSSR count). The van der Waals surface area contributed by atoms with Crippen molar-refractivity contribution in [1.82, 2.24) is 5.32 Å². The quantitative estimate of drug-likeness (QED) is 0.856. The highest BCUT2D eigenvalue weighted by Gasteiger charge is 2.35. The topological polar surface area (TPSA) is 79.5 Å². The number of hydrogen-bond acceptors (Lipinski definition) is 3. The number of carboxylic acids is 1. The van der Waals surface area contributed by atoms with Crippen molar-refractivity contribution in [3.63, 3.8) is 0 Å². The van der Waals surface area contributed by atoms with Crippen molar-refractivity contribution in [3.8, 4) is 0 Å². The van der Waals surface area contributed by atoms with Gasteiger partial charge in [-0.05, 0) is 25.0 Å². The molecule has 0 aliphatic carbocycles. The average Bonchev–Trinajstić information content (AvgIpc) is 2.92. The van der Waals surface area contributed by atoms with Gasteiger partial charge in [0.25, 0.3) is 5.91 Å². The molecule has 0 aliphatic rings. The fourth-order valence-electron chi connectivity index (χ4n) is 2.31. The minimum Gasteiger partial charge on any atom is -0.481 e. The van der Waals surface area contributed by atoms with Crippen LogP contribution in [0, 0.1) is 5.41 Å². The number of carbonyl (C=O) groups is 2. The molecule has 0 saturated heterocycles. The first kappa shape index (κ1) is 15.1. The normalized spacial score (nSPS) is 11.5. The lowest BCUT2D eigenvalue weighted by Crippen LogP contribution is -2.42. The monoisotopic (exact) mass is 289 g/mol. The van der Waals surface area contributed by atoms with Crippen LogP contribution in [0.15, 0.2) is 34.7 Å². The predicted octanol–water partition coefficient (Wildman–Crippen LogP) is 3.05. The van der Waals surface area contributed by atoms with Crippen LogP contribution in [0.1, 0.15) is 37.2 Å². The molecule has 21 heavy (non-hydrogen) atoms. The Morgan fingerprint density at radius 1 is 1.24 bits per heavy atom. The van der Waals surface area contributed by atoms with Crippen LogP contribution in [0.3, 0.4) is 0 Å². The number of aliphatic carboxylic acids is 1. The number of benzene rings is 1. The third-order valence-corrected chi connectivity index (χ3v) is 4.04. The van der Waals surface area contributed by atoms with Gasteiger partial charge in [-0.25, -0.2) is 0 Å². The molecule has 0 atom stereocenters. The van der Waals surface area contributed by atoms with Gasteiger partial charge in [0, 0.05) is 11.9 Å². The molecule has 0 bridgehead atoms. The summed E-state index contributed by atoms with van der Waals surface area (Å²) in [5.41, 5.74) is -0.292. The number of hydrogen-bond donors (Lipinski definition) is 2. The summed E-state index contributed by atoms with van der Waals surface area (Å²) >= 11 is 0. The first-order chi connectivity index (χ1) is 10.0. The number of nitrogens with one attached hydrogen (secondary N) is 1. The molecule has 5 nitrogen and oxygen atoms in total. The van der Waals surface area contributed by atoms with Crippen molar-refractivity contribution in [1.29, 1.82) is 0 Å². The number of fused-ring (bicyclic) bond motifs is 1. The second kappa shape index (κ2) is 5.99. The number of amides is 1. The smallest absolute Gasteiger partial charge is 0.311 e. The summed E-state index contributed by atoms with van der Waals surface area (Å²) in [6, 6.07) is 8.99. The van der Waals surface area contributed by atoms with E-state index in [1.807, 2.05) is 32.0 Å². The molecule has 2 aromatic rings. The van der Waals surface area contributed by atoms with Gasteiger partial charge in [-0.15, -0.1) is 0 Å². The van der Waals surface area contributed by atoms with Crippen molar-refractivity contribution >= 4 is 22.8 Å². The van der Waals surface area contributed by atoms with E-state index >= 15 is 0 Å². The molecule has 0 saturated carbocycles. The molecule has 0 unspecified atom stereocenters. The predicted molar refractivity (Wildman–Crippen MR) is 79.2 cm³/mol. The molecular weight excluding hydrogens is 270 g/mol. The maximum Gasteiger partial charge on any atom is 0.311 e. The van der Waals surface area contributed by atoms with E-state index in [1.165, 1.54) is 0 Å². The van der Waals surface area contributed by atoms with Crippen LogP contribution in [0.2, 0.25) is 0 Å². The zero-order chi connectivity index (χ0) is 15.5. The van der Waals surface area contributed by atoms with Gasteiger partial charge in [-0.2, -0.15) is 0 Å². The molecule has 1 heterocycles. The van der Waals surface area contributed by atoms with E-state index in [2.05, 4.69) is 5.32 Å². The average molecular weight is 289 g/mol. The van der Waals surface area contributed by atoms with Gasteiger partial charge in [-0.3, -0.25) is 9.59 Å². The number of carboxylic acid groups (broad SMARTS) is 1. The lowest BCUT2D eigenvalue weighted by atomic mass is 9.82. The van der Waals surface area contributed by atoms with Crippen LogP contribution in [0.4, 0.5) is 0 Å². The lowest BCUT2D eigenvalue weighted by Gasteiger charge is -2.26. The van der Waals surface area contributed by atoms with Crippen LogP contribution in [-0.2, 0) is 4.79 Å². The molecule has 0 aliphatic heterocycles. The highest BCUT2D eigenvalue weighted by Crippen LogP contribution is 2.26. The van der Waals surface area contributed by atoms with Crippen molar-refractivity contribution in [2.45, 2.75) is 26.7 Å². The molecule has 0 fully saturated rings. The summed E-state index contributed by atoms with van der Waals surface area (Å²) in [4.78, 5) is 23.5. The first-order valence-electron chi connectivity index (χ1n) is 7.02. The van der Waals surface area contributed by atoms with E-state index in [1.54, 1.807) is 12.1 Å². The molecule has 0 radical (unpaired) electrons. The largest absolute Gasteiger partial charge is 0.481 e. The third-order valence-electron chi connectivity index (χ3n) is 4.04. The summed E-state index contributed by atoms with van der Waals surface area (Å²) in [6.07, 6.45) is 0.915. The molecular formula is C16H19NO4. The second-order valence-electron chi connectivity index (χ2n) is 5.12. The summed E-state index contributed by atoms with van der Waals surface area (Å²) in [7, 11) is 0. The summed E-state index contributed by atoms with van der Waals surface area (Å²) in [5, 5.41) is 12.9. The van der Waals surface area contributed by atoms with E-state index in [9.17, 15) is 14.7 Å². The fraction of sp³-hybridized carbons (Fsp3) is 0.375. The van der Waals surface area contributed by atoms with E-state index in [-0.39, 0.29) is 12.3 Å². The lowest BCUT2D eigenvalue weighted by molar-refractivity contribution is -0.149. The Labute approximate surface area is 122 Å². The zero-order valence-electron chi connectivity index (χ0n) is 12.2. The number of rotatable bonds is 6. The maximum absolute atomic E-state index is 12.1. The van der Waals surface area contributed by atoms with Gasteiger partial charge >= 0.3 is 5.97 Å². The van der Waals surface area contributed by atoms with Gasteiger partial charge in [0.1, 0.15) is 5.58 Å². The summed E-state index contributed by atoms with van der Waals surface area (Å²) < 4.78 is 5.46. The van der Waals surface area contributed by atoms with Crippen molar-refractivity contribution in [2.75, 3.05) is 6.54 Å². The summed E-state index contributed by atoms with van der Waals surface area (Å²) in [5.74, 6) is -1.08. The van der Waals surface area contributed by atoms with Crippen molar-refractivity contribution in [3.05, 3.63) is 36.1 Å². The Morgan fingerprint density at radius 2 is 1.90 bits per heavy atom.